The van der Waals surface area contributed by atoms with Gasteiger partial charge < -0.3 is 5.73 Å². The maximum atomic E-state index is 5.63. The molecule has 84 valence electrons. The molecule has 1 fully saturated rings. The predicted molar refractivity (Wildman–Crippen MR) is 64.9 cm³/mol. The number of aryl methyl sites for hydroxylation is 1. The Morgan fingerprint density at radius 3 is 2.87 bits per heavy atom. The summed E-state index contributed by atoms with van der Waals surface area (Å²) in [5.74, 6) is 3.48. The van der Waals surface area contributed by atoms with Gasteiger partial charge in [-0.1, -0.05) is 0 Å². The van der Waals surface area contributed by atoms with Crippen molar-refractivity contribution < 1.29 is 0 Å². The van der Waals surface area contributed by atoms with Crippen LogP contribution in [0, 0.1) is 5.92 Å². The molecule has 0 spiro atoms. The van der Waals surface area contributed by atoms with Crippen molar-refractivity contribution in [3.8, 4) is 0 Å². The van der Waals surface area contributed by atoms with Gasteiger partial charge >= 0.3 is 0 Å². The number of aromatic nitrogens is 2. The molecule has 0 aliphatic carbocycles. The summed E-state index contributed by atoms with van der Waals surface area (Å²) in [6, 6.07) is 2.15. The van der Waals surface area contributed by atoms with Crippen LogP contribution < -0.4 is 5.73 Å². The van der Waals surface area contributed by atoms with Crippen molar-refractivity contribution in [2.75, 3.05) is 11.5 Å². The summed E-state index contributed by atoms with van der Waals surface area (Å²) in [7, 11) is 1.97. The molecule has 1 aliphatic heterocycles. The highest BCUT2D eigenvalue weighted by molar-refractivity contribution is 7.99. The molecule has 0 amide bonds. The molecule has 4 heteroatoms. The molecule has 1 aromatic rings. The van der Waals surface area contributed by atoms with E-state index in [-0.39, 0.29) is 0 Å². The molecule has 2 rings (SSSR count). The summed E-state index contributed by atoms with van der Waals surface area (Å²) in [5, 5.41) is 4.51. The molecule has 0 unspecified atom stereocenters. The molecule has 2 N–H and O–H groups in total. The molecular weight excluding hydrogens is 206 g/mol. The number of hydrogen-bond acceptors (Lipinski definition) is 3. The second-order valence-corrected chi connectivity index (χ2v) is 5.44. The highest BCUT2D eigenvalue weighted by Gasteiger charge is 2.16. The van der Waals surface area contributed by atoms with Gasteiger partial charge in [-0.05, 0) is 42.8 Å². The zero-order chi connectivity index (χ0) is 10.7. The Kier molecular flexibility index (Phi) is 3.70. The Balaban J connectivity index is 1.97. The molecule has 1 aliphatic rings. The van der Waals surface area contributed by atoms with E-state index in [0.717, 1.165) is 18.0 Å². The largest absolute Gasteiger partial charge is 0.325 e. The minimum Gasteiger partial charge on any atom is -0.325 e. The molecule has 0 radical (unpaired) electrons. The van der Waals surface area contributed by atoms with Crippen LogP contribution in [0.5, 0.6) is 0 Å². The van der Waals surface area contributed by atoms with Crippen LogP contribution in [0.1, 0.15) is 24.2 Å². The molecule has 1 aromatic heterocycles. The smallest absolute Gasteiger partial charge is 0.0630 e. The summed E-state index contributed by atoms with van der Waals surface area (Å²) >= 11 is 2.08. The Morgan fingerprint density at radius 2 is 2.27 bits per heavy atom. The highest BCUT2D eigenvalue weighted by atomic mass is 32.2. The lowest BCUT2D eigenvalue weighted by molar-refractivity contribution is 0.479. The second kappa shape index (κ2) is 5.03. The third-order valence-corrected chi connectivity index (χ3v) is 4.12. The van der Waals surface area contributed by atoms with Crippen molar-refractivity contribution in [1.29, 1.82) is 0 Å². The SMILES string of the molecule is Cn1nc(CC2CCSCC2)cc1CN. The van der Waals surface area contributed by atoms with Crippen LogP contribution in [-0.2, 0) is 20.0 Å². The standard InChI is InChI=1S/C11H19N3S/c1-14-11(8-12)7-10(13-14)6-9-2-4-15-5-3-9/h7,9H,2-6,8,12H2,1H3. The lowest BCUT2D eigenvalue weighted by Gasteiger charge is -2.19. The number of thioether (sulfide) groups is 1. The normalized spacial score (nSPS) is 18.3. The third kappa shape index (κ3) is 2.75. The Labute approximate surface area is 95.4 Å². The topological polar surface area (TPSA) is 43.8 Å². The van der Waals surface area contributed by atoms with E-state index in [1.54, 1.807) is 0 Å². The van der Waals surface area contributed by atoms with Gasteiger partial charge in [-0.15, -0.1) is 0 Å². The van der Waals surface area contributed by atoms with E-state index in [9.17, 15) is 0 Å². The first-order valence-corrected chi connectivity index (χ1v) is 6.74. The summed E-state index contributed by atoms with van der Waals surface area (Å²) in [5.41, 5.74) is 7.98. The van der Waals surface area contributed by atoms with E-state index in [1.807, 2.05) is 11.7 Å². The first kappa shape index (κ1) is 11.0. The van der Waals surface area contributed by atoms with Gasteiger partial charge in [0.25, 0.3) is 0 Å². The monoisotopic (exact) mass is 225 g/mol. The van der Waals surface area contributed by atoms with Crippen molar-refractivity contribution in [1.82, 2.24) is 9.78 Å². The second-order valence-electron chi connectivity index (χ2n) is 4.21. The summed E-state index contributed by atoms with van der Waals surface area (Å²) in [4.78, 5) is 0. The van der Waals surface area contributed by atoms with Crippen LogP contribution in [0.25, 0.3) is 0 Å². The molecule has 3 nitrogen and oxygen atoms in total. The number of rotatable bonds is 3. The summed E-state index contributed by atoms with van der Waals surface area (Å²) < 4.78 is 1.91. The minimum absolute atomic E-state index is 0.587. The lowest BCUT2D eigenvalue weighted by atomic mass is 9.97. The average molecular weight is 225 g/mol. The molecule has 0 aromatic carbocycles. The zero-order valence-corrected chi connectivity index (χ0v) is 10.1. The van der Waals surface area contributed by atoms with Gasteiger partial charge in [-0.2, -0.15) is 16.9 Å². The van der Waals surface area contributed by atoms with Gasteiger partial charge in [-0.25, -0.2) is 0 Å². The quantitative estimate of drug-likeness (QED) is 0.849. The fraction of sp³-hybridized carbons (Fsp3) is 0.727. The van der Waals surface area contributed by atoms with E-state index >= 15 is 0 Å². The highest BCUT2D eigenvalue weighted by Crippen LogP contribution is 2.25. The van der Waals surface area contributed by atoms with Crippen molar-refractivity contribution in [2.45, 2.75) is 25.8 Å². The molecular formula is C11H19N3S. The van der Waals surface area contributed by atoms with Crippen LogP contribution >= 0.6 is 11.8 Å². The van der Waals surface area contributed by atoms with Crippen molar-refractivity contribution >= 4 is 11.8 Å². The lowest BCUT2D eigenvalue weighted by Crippen LogP contribution is -2.12. The molecule has 2 heterocycles. The predicted octanol–water partition coefficient (Wildman–Crippen LogP) is 1.56. The van der Waals surface area contributed by atoms with E-state index in [1.165, 1.54) is 30.0 Å². The van der Waals surface area contributed by atoms with Crippen molar-refractivity contribution in [3.63, 3.8) is 0 Å². The maximum Gasteiger partial charge on any atom is 0.0630 e. The van der Waals surface area contributed by atoms with Crippen LogP contribution in [0.4, 0.5) is 0 Å². The number of hydrogen-bond donors (Lipinski definition) is 1. The van der Waals surface area contributed by atoms with E-state index in [2.05, 4.69) is 22.9 Å². The Bertz CT molecular complexity index is 316. The van der Waals surface area contributed by atoms with Gasteiger partial charge in [0.05, 0.1) is 11.4 Å². The minimum atomic E-state index is 0.587. The van der Waals surface area contributed by atoms with Crippen LogP contribution in [0.3, 0.4) is 0 Å². The van der Waals surface area contributed by atoms with Crippen LogP contribution in [0.2, 0.25) is 0 Å². The maximum absolute atomic E-state index is 5.63. The first-order valence-electron chi connectivity index (χ1n) is 5.59. The van der Waals surface area contributed by atoms with Crippen molar-refractivity contribution in [3.05, 3.63) is 17.5 Å². The summed E-state index contributed by atoms with van der Waals surface area (Å²) in [6.07, 6.45) is 3.83. The summed E-state index contributed by atoms with van der Waals surface area (Å²) in [6.45, 7) is 0.587. The van der Waals surface area contributed by atoms with E-state index in [4.69, 9.17) is 5.73 Å². The van der Waals surface area contributed by atoms with E-state index in [0.29, 0.717) is 6.54 Å². The average Bonchev–Trinajstić information content (AvgIpc) is 2.60. The van der Waals surface area contributed by atoms with Gasteiger partial charge in [0.1, 0.15) is 0 Å². The number of nitrogens with two attached hydrogens (primary N) is 1. The third-order valence-electron chi connectivity index (χ3n) is 3.08. The molecule has 0 bridgehead atoms. The fourth-order valence-corrected chi connectivity index (χ4v) is 3.31. The van der Waals surface area contributed by atoms with Gasteiger partial charge in [-0.3, -0.25) is 4.68 Å². The molecule has 15 heavy (non-hydrogen) atoms. The van der Waals surface area contributed by atoms with Gasteiger partial charge in [0.2, 0.25) is 0 Å². The van der Waals surface area contributed by atoms with Crippen molar-refractivity contribution in [2.24, 2.45) is 18.7 Å². The molecule has 0 saturated carbocycles. The Morgan fingerprint density at radius 1 is 1.53 bits per heavy atom. The van der Waals surface area contributed by atoms with Crippen LogP contribution in [0.15, 0.2) is 6.07 Å². The van der Waals surface area contributed by atoms with Gasteiger partial charge in [0, 0.05) is 13.6 Å². The first-order chi connectivity index (χ1) is 7.29. The number of nitrogens with zero attached hydrogens (tertiary/aromatic N) is 2. The van der Waals surface area contributed by atoms with Crippen LogP contribution in [-0.4, -0.2) is 21.3 Å². The van der Waals surface area contributed by atoms with Gasteiger partial charge in [0.15, 0.2) is 0 Å². The molecule has 0 atom stereocenters. The van der Waals surface area contributed by atoms with E-state index < -0.39 is 0 Å². The Hall–Kier alpha value is -0.480. The fourth-order valence-electron chi connectivity index (χ4n) is 2.11. The zero-order valence-electron chi connectivity index (χ0n) is 9.28. The molecule has 1 saturated heterocycles.